The summed E-state index contributed by atoms with van der Waals surface area (Å²) in [5.74, 6) is 0.115. The van der Waals surface area contributed by atoms with Crippen molar-refractivity contribution >= 4 is 11.9 Å². The quantitative estimate of drug-likeness (QED) is 0.812. The Balaban J connectivity index is 2.03. The molecule has 2 aromatic rings. The maximum atomic E-state index is 12.8. The van der Waals surface area contributed by atoms with Gasteiger partial charge in [0.15, 0.2) is 28.8 Å². The van der Waals surface area contributed by atoms with Gasteiger partial charge < -0.3 is 29.2 Å². The van der Waals surface area contributed by atoms with Crippen LogP contribution in [0, 0.1) is 0 Å². The van der Waals surface area contributed by atoms with E-state index in [0.29, 0.717) is 16.9 Å². The molecular formula is C19H18O7. The van der Waals surface area contributed by atoms with Gasteiger partial charge in [0, 0.05) is 11.6 Å². The molecule has 0 aliphatic carbocycles. The average Bonchev–Trinajstić information content (AvgIpc) is 2.63. The van der Waals surface area contributed by atoms with Gasteiger partial charge in [0.2, 0.25) is 5.75 Å². The third-order valence-electron chi connectivity index (χ3n) is 4.05. The van der Waals surface area contributed by atoms with Gasteiger partial charge in [-0.25, -0.2) is 0 Å². The number of aromatic hydroxyl groups is 2. The highest BCUT2D eigenvalue weighted by Crippen LogP contribution is 2.46. The normalized spacial score (nSPS) is 14.6. The molecule has 0 saturated carbocycles. The molecular weight excluding hydrogens is 340 g/mol. The van der Waals surface area contributed by atoms with E-state index in [2.05, 4.69) is 0 Å². The highest BCUT2D eigenvalue weighted by Gasteiger charge is 2.31. The minimum absolute atomic E-state index is 0.0119. The number of hydrogen-bond acceptors (Lipinski definition) is 7. The molecule has 0 radical (unpaired) electrons. The number of ketones is 1. The van der Waals surface area contributed by atoms with E-state index in [9.17, 15) is 15.0 Å². The Morgan fingerprint density at radius 1 is 1.04 bits per heavy atom. The second-order valence-electron chi connectivity index (χ2n) is 5.55. The molecule has 1 aliphatic rings. The molecule has 0 atom stereocenters. The molecule has 1 aliphatic heterocycles. The Morgan fingerprint density at radius 2 is 1.77 bits per heavy atom. The fourth-order valence-electron chi connectivity index (χ4n) is 2.77. The van der Waals surface area contributed by atoms with Crippen molar-refractivity contribution in [3.63, 3.8) is 0 Å². The molecule has 7 heteroatoms. The van der Waals surface area contributed by atoms with Gasteiger partial charge in [-0.15, -0.1) is 0 Å². The molecule has 2 N–H and O–H groups in total. The first-order chi connectivity index (χ1) is 12.5. The van der Waals surface area contributed by atoms with Gasteiger partial charge in [-0.2, -0.15) is 0 Å². The number of ether oxygens (including phenoxy) is 4. The molecule has 2 aromatic carbocycles. The predicted molar refractivity (Wildman–Crippen MR) is 93.7 cm³/mol. The van der Waals surface area contributed by atoms with E-state index < -0.39 is 0 Å². The summed E-state index contributed by atoms with van der Waals surface area (Å²) in [6.45, 7) is 0.0214. The van der Waals surface area contributed by atoms with Crippen LogP contribution in [0.3, 0.4) is 0 Å². The smallest absolute Gasteiger partial charge is 0.204 e. The molecule has 3 rings (SSSR count). The summed E-state index contributed by atoms with van der Waals surface area (Å²) in [7, 11) is 4.25. The van der Waals surface area contributed by atoms with E-state index in [1.807, 2.05) is 0 Å². The fourth-order valence-corrected chi connectivity index (χ4v) is 2.77. The van der Waals surface area contributed by atoms with E-state index in [-0.39, 0.29) is 46.7 Å². The molecule has 0 unspecified atom stereocenters. The molecule has 0 fully saturated rings. The van der Waals surface area contributed by atoms with Crippen molar-refractivity contribution in [3.05, 3.63) is 41.0 Å². The third-order valence-corrected chi connectivity index (χ3v) is 4.05. The lowest BCUT2D eigenvalue weighted by molar-refractivity contribution is 0.0996. The number of carbonyl (C=O) groups excluding carboxylic acids is 1. The number of phenolic OH excluding ortho intramolecular Hbond substituents is 2. The number of Topliss-reactive ketones (excluding diaryl/α,β-unsaturated/α-hetero) is 1. The Morgan fingerprint density at radius 3 is 2.38 bits per heavy atom. The SMILES string of the molecule is COc1ccc(/C=C2\COc3cc(OC)c(OC)c(O)c3C2=O)cc1O. The van der Waals surface area contributed by atoms with Crippen molar-refractivity contribution in [1.29, 1.82) is 0 Å². The number of carbonyl (C=O) groups is 1. The molecule has 0 amide bonds. The van der Waals surface area contributed by atoms with Crippen molar-refractivity contribution in [2.24, 2.45) is 0 Å². The van der Waals surface area contributed by atoms with Crippen LogP contribution in [0.1, 0.15) is 15.9 Å². The standard InChI is InChI=1S/C19H18O7/c1-23-13-5-4-10(7-12(13)20)6-11-9-26-14-8-15(24-2)19(25-3)18(22)16(14)17(11)21/h4-8,20,22H,9H2,1-3H3/b11-6+. The first kappa shape index (κ1) is 17.5. The lowest BCUT2D eigenvalue weighted by atomic mass is 9.96. The summed E-state index contributed by atoms with van der Waals surface area (Å²) >= 11 is 0. The zero-order chi connectivity index (χ0) is 18.8. The van der Waals surface area contributed by atoms with Crippen LogP contribution in [0.15, 0.2) is 29.8 Å². The monoisotopic (exact) mass is 358 g/mol. The highest BCUT2D eigenvalue weighted by molar-refractivity contribution is 6.16. The molecule has 26 heavy (non-hydrogen) atoms. The number of phenols is 2. The lowest BCUT2D eigenvalue weighted by Crippen LogP contribution is -2.19. The van der Waals surface area contributed by atoms with E-state index >= 15 is 0 Å². The summed E-state index contributed by atoms with van der Waals surface area (Å²) in [6, 6.07) is 6.27. The number of hydrogen-bond donors (Lipinski definition) is 2. The summed E-state index contributed by atoms with van der Waals surface area (Å²) in [6.07, 6.45) is 1.58. The summed E-state index contributed by atoms with van der Waals surface area (Å²) in [5.41, 5.74) is 0.932. The van der Waals surface area contributed by atoms with E-state index in [4.69, 9.17) is 18.9 Å². The van der Waals surface area contributed by atoms with Gasteiger partial charge in [0.1, 0.15) is 17.9 Å². The minimum Gasteiger partial charge on any atom is -0.504 e. The van der Waals surface area contributed by atoms with Crippen molar-refractivity contribution < 1.29 is 34.0 Å². The van der Waals surface area contributed by atoms with Crippen molar-refractivity contribution in [1.82, 2.24) is 0 Å². The average molecular weight is 358 g/mol. The molecule has 1 heterocycles. The van der Waals surface area contributed by atoms with Crippen LogP contribution in [-0.4, -0.2) is 43.9 Å². The molecule has 0 aromatic heterocycles. The molecule has 7 nitrogen and oxygen atoms in total. The van der Waals surface area contributed by atoms with Crippen molar-refractivity contribution in [2.75, 3.05) is 27.9 Å². The van der Waals surface area contributed by atoms with Crippen LogP contribution in [0.5, 0.6) is 34.5 Å². The fraction of sp³-hybridized carbons (Fsp3) is 0.211. The number of fused-ring (bicyclic) bond motifs is 1. The topological polar surface area (TPSA) is 94.5 Å². The first-order valence-electron chi connectivity index (χ1n) is 7.73. The maximum absolute atomic E-state index is 12.8. The van der Waals surface area contributed by atoms with Gasteiger partial charge in [-0.3, -0.25) is 4.79 Å². The van der Waals surface area contributed by atoms with Gasteiger partial charge in [0.25, 0.3) is 0 Å². The maximum Gasteiger partial charge on any atom is 0.204 e. The van der Waals surface area contributed by atoms with Crippen LogP contribution < -0.4 is 18.9 Å². The van der Waals surface area contributed by atoms with Crippen LogP contribution in [0.4, 0.5) is 0 Å². The second kappa shape index (κ2) is 6.87. The molecule has 0 spiro atoms. The number of benzene rings is 2. The largest absolute Gasteiger partial charge is 0.504 e. The molecule has 0 bridgehead atoms. The summed E-state index contributed by atoms with van der Waals surface area (Å²) in [4.78, 5) is 12.8. The predicted octanol–water partition coefficient (Wildman–Crippen LogP) is 2.78. The molecule has 0 saturated heterocycles. The van der Waals surface area contributed by atoms with Gasteiger partial charge in [0.05, 0.1) is 21.3 Å². The zero-order valence-electron chi connectivity index (χ0n) is 14.5. The van der Waals surface area contributed by atoms with Gasteiger partial charge >= 0.3 is 0 Å². The Hall–Kier alpha value is -3.35. The van der Waals surface area contributed by atoms with Crippen LogP contribution >= 0.6 is 0 Å². The molecule has 136 valence electrons. The Labute approximate surface area is 150 Å². The first-order valence-corrected chi connectivity index (χ1v) is 7.73. The summed E-state index contributed by atoms with van der Waals surface area (Å²) in [5, 5.41) is 20.3. The van der Waals surface area contributed by atoms with Crippen LogP contribution in [0.2, 0.25) is 0 Å². The second-order valence-corrected chi connectivity index (χ2v) is 5.55. The number of rotatable bonds is 4. The highest BCUT2D eigenvalue weighted by atomic mass is 16.5. The van der Waals surface area contributed by atoms with Gasteiger partial charge in [-0.05, 0) is 23.8 Å². The van der Waals surface area contributed by atoms with E-state index in [0.717, 1.165) is 0 Å². The lowest BCUT2D eigenvalue weighted by Gasteiger charge is -2.22. The minimum atomic E-state index is -0.389. The Kier molecular flexibility index (Phi) is 4.62. The van der Waals surface area contributed by atoms with Crippen LogP contribution in [-0.2, 0) is 0 Å². The number of methoxy groups -OCH3 is 3. The zero-order valence-corrected chi connectivity index (χ0v) is 14.5. The third kappa shape index (κ3) is 2.88. The van der Waals surface area contributed by atoms with E-state index in [1.54, 1.807) is 18.2 Å². The summed E-state index contributed by atoms with van der Waals surface area (Å²) < 4.78 is 20.9. The van der Waals surface area contributed by atoms with Crippen molar-refractivity contribution in [3.8, 4) is 34.5 Å². The van der Waals surface area contributed by atoms with Crippen LogP contribution in [0.25, 0.3) is 6.08 Å². The van der Waals surface area contributed by atoms with Gasteiger partial charge in [-0.1, -0.05) is 6.07 Å². The Bertz CT molecular complexity index is 899. The van der Waals surface area contributed by atoms with Crippen molar-refractivity contribution in [2.45, 2.75) is 0 Å². The van der Waals surface area contributed by atoms with E-state index in [1.165, 1.54) is 33.5 Å².